The summed E-state index contributed by atoms with van der Waals surface area (Å²) in [6.07, 6.45) is 0.952. The Morgan fingerprint density at radius 3 is 2.71 bits per heavy atom. The van der Waals surface area contributed by atoms with E-state index in [1.807, 2.05) is 31.2 Å². The van der Waals surface area contributed by atoms with E-state index in [0.717, 1.165) is 23.4 Å². The fraction of sp³-hybridized carbons (Fsp3) is 0.294. The molecule has 0 saturated heterocycles. The first-order valence-electron chi connectivity index (χ1n) is 7.05. The van der Waals surface area contributed by atoms with E-state index in [9.17, 15) is 4.39 Å². The van der Waals surface area contributed by atoms with Gasteiger partial charge in [-0.15, -0.1) is 0 Å². The van der Waals surface area contributed by atoms with Crippen molar-refractivity contribution in [3.05, 3.63) is 58.9 Å². The number of nitrogens with one attached hydrogen (secondary N) is 1. The molecule has 112 valence electrons. The van der Waals surface area contributed by atoms with Crippen molar-refractivity contribution in [2.75, 3.05) is 11.9 Å². The van der Waals surface area contributed by atoms with Crippen LogP contribution in [0.2, 0.25) is 5.02 Å². The van der Waals surface area contributed by atoms with Crippen LogP contribution in [0.25, 0.3) is 0 Å². The second-order valence-corrected chi connectivity index (χ2v) is 5.28. The highest BCUT2D eigenvalue weighted by Crippen LogP contribution is 2.31. The smallest absolute Gasteiger partial charge is 0.142 e. The largest absolute Gasteiger partial charge is 0.491 e. The van der Waals surface area contributed by atoms with E-state index in [0.29, 0.717) is 11.6 Å². The van der Waals surface area contributed by atoms with Crippen LogP contribution in [-0.2, 0) is 0 Å². The van der Waals surface area contributed by atoms with Gasteiger partial charge in [-0.25, -0.2) is 4.39 Å². The number of rotatable bonds is 6. The van der Waals surface area contributed by atoms with Gasteiger partial charge in [-0.1, -0.05) is 36.7 Å². The topological polar surface area (TPSA) is 21.3 Å². The lowest BCUT2D eigenvalue weighted by Gasteiger charge is -2.19. The third-order valence-electron chi connectivity index (χ3n) is 3.15. The highest BCUT2D eigenvalue weighted by molar-refractivity contribution is 6.31. The average molecular weight is 308 g/mol. The maximum Gasteiger partial charge on any atom is 0.142 e. The van der Waals surface area contributed by atoms with Crippen molar-refractivity contribution in [3.8, 4) is 5.75 Å². The number of hydrogen-bond donors (Lipinski definition) is 1. The molecule has 0 bridgehead atoms. The summed E-state index contributed by atoms with van der Waals surface area (Å²) in [5.74, 6) is 0.479. The van der Waals surface area contributed by atoms with E-state index in [-0.39, 0.29) is 11.9 Å². The lowest BCUT2D eigenvalue weighted by Crippen LogP contribution is -2.09. The van der Waals surface area contributed by atoms with Gasteiger partial charge in [-0.3, -0.25) is 0 Å². The van der Waals surface area contributed by atoms with Gasteiger partial charge in [0.05, 0.1) is 18.3 Å². The maximum atomic E-state index is 13.1. The van der Waals surface area contributed by atoms with Gasteiger partial charge in [-0.05, 0) is 43.2 Å². The summed E-state index contributed by atoms with van der Waals surface area (Å²) < 4.78 is 18.8. The average Bonchev–Trinajstić information content (AvgIpc) is 2.46. The van der Waals surface area contributed by atoms with Gasteiger partial charge in [0, 0.05) is 5.02 Å². The molecule has 0 aliphatic rings. The summed E-state index contributed by atoms with van der Waals surface area (Å²) in [6, 6.07) is 12.2. The van der Waals surface area contributed by atoms with Crippen molar-refractivity contribution < 1.29 is 9.13 Å². The van der Waals surface area contributed by atoms with E-state index in [1.165, 1.54) is 12.1 Å². The molecular weight excluding hydrogens is 289 g/mol. The molecule has 4 heteroatoms. The molecule has 1 unspecified atom stereocenters. The first-order valence-corrected chi connectivity index (χ1v) is 7.43. The van der Waals surface area contributed by atoms with Crippen molar-refractivity contribution in [1.29, 1.82) is 0 Å². The zero-order valence-corrected chi connectivity index (χ0v) is 13.0. The quantitative estimate of drug-likeness (QED) is 0.767. The fourth-order valence-electron chi connectivity index (χ4n) is 2.09. The van der Waals surface area contributed by atoms with Crippen molar-refractivity contribution in [1.82, 2.24) is 0 Å². The van der Waals surface area contributed by atoms with E-state index < -0.39 is 0 Å². The van der Waals surface area contributed by atoms with Gasteiger partial charge in [0.25, 0.3) is 0 Å². The Hall–Kier alpha value is -1.74. The Morgan fingerprint density at radius 1 is 1.24 bits per heavy atom. The van der Waals surface area contributed by atoms with Crippen LogP contribution in [0.1, 0.15) is 31.9 Å². The summed E-state index contributed by atoms with van der Waals surface area (Å²) in [6.45, 7) is 4.72. The first kappa shape index (κ1) is 15.6. The molecule has 0 fully saturated rings. The molecule has 0 spiro atoms. The van der Waals surface area contributed by atoms with E-state index in [4.69, 9.17) is 16.3 Å². The summed E-state index contributed by atoms with van der Waals surface area (Å²) in [7, 11) is 0. The molecule has 2 nitrogen and oxygen atoms in total. The third-order valence-corrected chi connectivity index (χ3v) is 3.48. The van der Waals surface area contributed by atoms with Crippen LogP contribution in [0, 0.1) is 5.82 Å². The van der Waals surface area contributed by atoms with E-state index >= 15 is 0 Å². The fourth-order valence-corrected chi connectivity index (χ4v) is 2.42. The number of ether oxygens (including phenoxy) is 1. The maximum absolute atomic E-state index is 13.1. The highest BCUT2D eigenvalue weighted by Gasteiger charge is 2.12. The molecule has 0 aliphatic carbocycles. The van der Waals surface area contributed by atoms with Crippen LogP contribution in [0.4, 0.5) is 10.1 Å². The Morgan fingerprint density at radius 2 is 2.00 bits per heavy atom. The first-order chi connectivity index (χ1) is 10.1. The van der Waals surface area contributed by atoms with Crippen molar-refractivity contribution >= 4 is 17.3 Å². The third kappa shape index (κ3) is 4.11. The predicted octanol–water partition coefficient (Wildman–Crippen LogP) is 5.44. The zero-order valence-electron chi connectivity index (χ0n) is 12.2. The highest BCUT2D eigenvalue weighted by atomic mass is 35.5. The van der Waals surface area contributed by atoms with Crippen molar-refractivity contribution in [2.24, 2.45) is 0 Å². The lowest BCUT2D eigenvalue weighted by molar-refractivity contribution is 0.318. The van der Waals surface area contributed by atoms with Crippen LogP contribution < -0.4 is 10.1 Å². The van der Waals surface area contributed by atoms with Crippen molar-refractivity contribution in [2.45, 2.75) is 26.3 Å². The molecule has 2 aromatic carbocycles. The molecule has 0 aromatic heterocycles. The minimum Gasteiger partial charge on any atom is -0.491 e. The number of para-hydroxylation sites is 2. The Labute approximate surface area is 129 Å². The van der Waals surface area contributed by atoms with Crippen LogP contribution in [0.5, 0.6) is 5.75 Å². The molecule has 0 aliphatic heterocycles. The number of anilines is 1. The molecule has 1 N–H and O–H groups in total. The van der Waals surface area contributed by atoms with Crippen LogP contribution in [-0.4, -0.2) is 6.61 Å². The number of hydrogen-bond acceptors (Lipinski definition) is 2. The van der Waals surface area contributed by atoms with Gasteiger partial charge in [0.15, 0.2) is 0 Å². The summed E-state index contributed by atoms with van der Waals surface area (Å²) in [4.78, 5) is 0. The van der Waals surface area contributed by atoms with Gasteiger partial charge >= 0.3 is 0 Å². The molecule has 0 radical (unpaired) electrons. The summed E-state index contributed by atoms with van der Waals surface area (Å²) in [5.41, 5.74) is 1.75. The summed E-state index contributed by atoms with van der Waals surface area (Å²) in [5, 5.41) is 3.78. The lowest BCUT2D eigenvalue weighted by atomic mass is 10.1. The molecule has 2 rings (SSSR count). The zero-order chi connectivity index (χ0) is 15.2. The molecule has 0 saturated carbocycles. The molecule has 1 atom stereocenters. The second kappa shape index (κ2) is 7.32. The molecule has 0 heterocycles. The standard InChI is InChI=1S/C17H19ClFNO/c1-3-10-21-17-7-5-4-6-16(17)20-12(2)14-9-8-13(19)11-15(14)18/h4-9,11-12,20H,3,10H2,1-2H3. The minimum absolute atomic E-state index is 0.0514. The molecular formula is C17H19ClFNO. The number of halogens is 2. The van der Waals surface area contributed by atoms with E-state index in [2.05, 4.69) is 12.2 Å². The monoisotopic (exact) mass is 307 g/mol. The Kier molecular flexibility index (Phi) is 5.45. The van der Waals surface area contributed by atoms with Crippen LogP contribution in [0.3, 0.4) is 0 Å². The van der Waals surface area contributed by atoms with Gasteiger partial charge in [-0.2, -0.15) is 0 Å². The Balaban J connectivity index is 2.17. The SMILES string of the molecule is CCCOc1ccccc1NC(C)c1ccc(F)cc1Cl. The molecule has 0 amide bonds. The summed E-state index contributed by atoms with van der Waals surface area (Å²) >= 11 is 6.10. The second-order valence-electron chi connectivity index (χ2n) is 4.88. The van der Waals surface area contributed by atoms with Crippen molar-refractivity contribution in [3.63, 3.8) is 0 Å². The minimum atomic E-state index is -0.331. The Bertz CT molecular complexity index is 603. The molecule has 2 aromatic rings. The van der Waals surface area contributed by atoms with E-state index in [1.54, 1.807) is 6.07 Å². The van der Waals surface area contributed by atoms with Crippen LogP contribution in [0.15, 0.2) is 42.5 Å². The normalized spacial score (nSPS) is 12.0. The van der Waals surface area contributed by atoms with Gasteiger partial charge in [0.1, 0.15) is 11.6 Å². The number of benzene rings is 2. The molecule has 21 heavy (non-hydrogen) atoms. The predicted molar refractivity (Wildman–Crippen MR) is 85.7 cm³/mol. The van der Waals surface area contributed by atoms with Gasteiger partial charge < -0.3 is 10.1 Å². The van der Waals surface area contributed by atoms with Gasteiger partial charge in [0.2, 0.25) is 0 Å². The van der Waals surface area contributed by atoms with Crippen LogP contribution >= 0.6 is 11.6 Å².